The van der Waals surface area contributed by atoms with E-state index in [1.807, 2.05) is 44.3 Å². The fraction of sp³-hybridized carbons (Fsp3) is 0.208. The molecule has 31 heavy (non-hydrogen) atoms. The Bertz CT molecular complexity index is 1140. The third-order valence-corrected chi connectivity index (χ3v) is 6.39. The fourth-order valence-electron chi connectivity index (χ4n) is 3.05. The highest BCUT2D eigenvalue weighted by atomic mass is 32.2. The molecular weight excluding hydrogens is 410 g/mol. The zero-order chi connectivity index (χ0) is 22.4. The molecule has 2 N–H and O–H groups in total. The Morgan fingerprint density at radius 1 is 0.935 bits per heavy atom. The van der Waals surface area contributed by atoms with Crippen LogP contribution in [0.5, 0.6) is 0 Å². The highest BCUT2D eigenvalue weighted by Gasteiger charge is 2.16. The first kappa shape index (κ1) is 22.4. The first-order valence-corrected chi connectivity index (χ1v) is 11.5. The van der Waals surface area contributed by atoms with E-state index >= 15 is 0 Å². The van der Waals surface area contributed by atoms with Crippen molar-refractivity contribution >= 4 is 27.3 Å². The van der Waals surface area contributed by atoms with Crippen molar-refractivity contribution in [1.82, 2.24) is 5.32 Å². The number of carbonyl (C=O) groups excluding carboxylic acids is 1. The van der Waals surface area contributed by atoms with Crippen molar-refractivity contribution in [1.29, 1.82) is 0 Å². The Hall–Kier alpha value is -3.32. The van der Waals surface area contributed by atoms with Crippen LogP contribution < -0.4 is 14.9 Å². The minimum Gasteiger partial charge on any atom is -0.373 e. The maximum Gasteiger partial charge on any atom is 0.261 e. The topological polar surface area (TPSA) is 78.5 Å². The summed E-state index contributed by atoms with van der Waals surface area (Å²) in [6, 6.07) is 21.5. The molecule has 3 aromatic carbocycles. The molecule has 0 bridgehead atoms. The molecule has 0 fully saturated rings. The molecule has 0 heterocycles. The quantitative estimate of drug-likeness (QED) is 0.559. The molecule has 6 nitrogen and oxygen atoms in total. The molecular formula is C24H27N3O3S. The highest BCUT2D eigenvalue weighted by molar-refractivity contribution is 7.92. The summed E-state index contributed by atoms with van der Waals surface area (Å²) in [6.07, 6.45) is 0. The van der Waals surface area contributed by atoms with Crippen LogP contribution in [0, 0.1) is 13.8 Å². The summed E-state index contributed by atoms with van der Waals surface area (Å²) < 4.78 is 28.0. The molecule has 0 aliphatic carbocycles. The summed E-state index contributed by atoms with van der Waals surface area (Å²) >= 11 is 0. The first-order valence-electron chi connectivity index (χ1n) is 10.0. The Morgan fingerprint density at radius 2 is 1.61 bits per heavy atom. The largest absolute Gasteiger partial charge is 0.373 e. The number of nitrogens with zero attached hydrogens (tertiary/aromatic N) is 1. The van der Waals surface area contributed by atoms with Gasteiger partial charge in [0.2, 0.25) is 0 Å². The predicted octanol–water partition coefficient (Wildman–Crippen LogP) is 3.97. The third kappa shape index (κ3) is 5.86. The average molecular weight is 438 g/mol. The lowest BCUT2D eigenvalue weighted by Gasteiger charge is -2.19. The number of rotatable bonds is 8. The van der Waals surface area contributed by atoms with Crippen molar-refractivity contribution in [3.8, 4) is 0 Å². The van der Waals surface area contributed by atoms with E-state index in [1.54, 1.807) is 49.4 Å². The number of para-hydroxylation sites is 1. The van der Waals surface area contributed by atoms with E-state index in [-0.39, 0.29) is 10.8 Å². The molecule has 0 atom stereocenters. The van der Waals surface area contributed by atoms with Gasteiger partial charge in [0, 0.05) is 31.4 Å². The number of carbonyl (C=O) groups is 1. The molecule has 162 valence electrons. The van der Waals surface area contributed by atoms with Crippen molar-refractivity contribution < 1.29 is 13.2 Å². The van der Waals surface area contributed by atoms with Gasteiger partial charge in [-0.3, -0.25) is 9.52 Å². The summed E-state index contributed by atoms with van der Waals surface area (Å²) in [6.45, 7) is 4.80. The number of nitrogens with one attached hydrogen (secondary N) is 2. The molecule has 0 radical (unpaired) electrons. The first-order chi connectivity index (χ1) is 14.8. The van der Waals surface area contributed by atoms with Crippen molar-refractivity contribution in [3.63, 3.8) is 0 Å². The van der Waals surface area contributed by atoms with Gasteiger partial charge >= 0.3 is 0 Å². The van der Waals surface area contributed by atoms with Gasteiger partial charge in [-0.25, -0.2) is 8.42 Å². The molecule has 0 aliphatic heterocycles. The number of hydrogen-bond donors (Lipinski definition) is 2. The zero-order valence-corrected chi connectivity index (χ0v) is 18.7. The molecule has 0 aliphatic rings. The van der Waals surface area contributed by atoms with Crippen LogP contribution in [0.1, 0.15) is 21.5 Å². The van der Waals surface area contributed by atoms with Gasteiger partial charge in [0.05, 0.1) is 10.6 Å². The highest BCUT2D eigenvalue weighted by Crippen LogP contribution is 2.21. The van der Waals surface area contributed by atoms with Crippen LogP contribution in [0.3, 0.4) is 0 Å². The van der Waals surface area contributed by atoms with E-state index in [0.29, 0.717) is 24.3 Å². The molecule has 0 saturated carbocycles. The van der Waals surface area contributed by atoms with E-state index in [4.69, 9.17) is 0 Å². The molecule has 1 amide bonds. The van der Waals surface area contributed by atoms with Gasteiger partial charge in [-0.15, -0.1) is 0 Å². The van der Waals surface area contributed by atoms with E-state index in [2.05, 4.69) is 14.9 Å². The van der Waals surface area contributed by atoms with Crippen molar-refractivity contribution in [2.24, 2.45) is 0 Å². The number of likely N-dealkylation sites (N-methyl/N-ethyl adjacent to an activating group) is 1. The van der Waals surface area contributed by atoms with E-state index in [0.717, 1.165) is 16.8 Å². The standard InChI is InChI=1S/C24H27N3O3S/c1-18-9-13-22(14-10-18)31(29,30)26-23-17-20(12-11-19(23)2)24(28)25-15-16-27(3)21-7-5-4-6-8-21/h4-14,17,26H,15-16H2,1-3H3,(H,25,28). The third-order valence-electron chi connectivity index (χ3n) is 5.01. The van der Waals surface area contributed by atoms with E-state index in [9.17, 15) is 13.2 Å². The maximum atomic E-state index is 12.7. The van der Waals surface area contributed by atoms with Crippen LogP contribution in [-0.2, 0) is 10.0 Å². The lowest BCUT2D eigenvalue weighted by atomic mass is 10.1. The minimum atomic E-state index is -3.74. The maximum absolute atomic E-state index is 12.7. The normalized spacial score (nSPS) is 11.1. The number of sulfonamides is 1. The van der Waals surface area contributed by atoms with Gasteiger partial charge in [0.25, 0.3) is 15.9 Å². The number of hydrogen-bond acceptors (Lipinski definition) is 4. The zero-order valence-electron chi connectivity index (χ0n) is 17.9. The predicted molar refractivity (Wildman–Crippen MR) is 125 cm³/mol. The van der Waals surface area contributed by atoms with Crippen LogP contribution in [0.25, 0.3) is 0 Å². The minimum absolute atomic E-state index is 0.177. The van der Waals surface area contributed by atoms with E-state index in [1.165, 1.54) is 0 Å². The molecule has 0 saturated heterocycles. The van der Waals surface area contributed by atoms with Crippen LogP contribution in [-0.4, -0.2) is 34.5 Å². The molecule has 0 unspecified atom stereocenters. The van der Waals surface area contributed by atoms with E-state index < -0.39 is 10.0 Å². The van der Waals surface area contributed by atoms with Crippen molar-refractivity contribution in [2.75, 3.05) is 29.8 Å². The second kappa shape index (κ2) is 9.66. The van der Waals surface area contributed by atoms with Gasteiger partial charge in [-0.2, -0.15) is 0 Å². The fourth-order valence-corrected chi connectivity index (χ4v) is 4.17. The molecule has 7 heteroatoms. The average Bonchev–Trinajstić information content (AvgIpc) is 2.76. The number of amides is 1. The summed E-state index contributed by atoms with van der Waals surface area (Å²) in [7, 11) is -1.78. The van der Waals surface area contributed by atoms with Gasteiger partial charge in [-0.05, 0) is 55.8 Å². The van der Waals surface area contributed by atoms with Crippen molar-refractivity contribution in [3.05, 3.63) is 89.5 Å². The van der Waals surface area contributed by atoms with Gasteiger partial charge in [-0.1, -0.05) is 42.0 Å². The SMILES string of the molecule is Cc1ccc(S(=O)(=O)Nc2cc(C(=O)NCCN(C)c3ccccc3)ccc2C)cc1. The lowest BCUT2D eigenvalue weighted by Crippen LogP contribution is -2.33. The molecule has 0 spiro atoms. The summed E-state index contributed by atoms with van der Waals surface area (Å²) in [5, 5.41) is 2.89. The van der Waals surface area contributed by atoms with Crippen LogP contribution in [0.15, 0.2) is 77.7 Å². The van der Waals surface area contributed by atoms with Gasteiger partial charge in [0.15, 0.2) is 0 Å². The Kier molecular flexibility index (Phi) is 6.97. The van der Waals surface area contributed by atoms with Crippen molar-refractivity contribution in [2.45, 2.75) is 18.7 Å². The monoisotopic (exact) mass is 437 g/mol. The summed E-state index contributed by atoms with van der Waals surface area (Å²) in [5.41, 5.74) is 3.56. The molecule has 3 aromatic rings. The lowest BCUT2D eigenvalue weighted by molar-refractivity contribution is 0.0954. The second-order valence-corrected chi connectivity index (χ2v) is 9.14. The Morgan fingerprint density at radius 3 is 2.29 bits per heavy atom. The molecule has 3 rings (SSSR count). The van der Waals surface area contributed by atoms with Gasteiger partial charge < -0.3 is 10.2 Å². The smallest absolute Gasteiger partial charge is 0.261 e. The van der Waals surface area contributed by atoms with Crippen LogP contribution >= 0.6 is 0 Å². The number of anilines is 2. The second-order valence-electron chi connectivity index (χ2n) is 7.46. The summed E-state index contributed by atoms with van der Waals surface area (Å²) in [5.74, 6) is -0.253. The van der Waals surface area contributed by atoms with Crippen LogP contribution in [0.2, 0.25) is 0 Å². The number of aryl methyl sites for hydroxylation is 2. The van der Waals surface area contributed by atoms with Crippen LogP contribution in [0.4, 0.5) is 11.4 Å². The number of benzene rings is 3. The summed E-state index contributed by atoms with van der Waals surface area (Å²) in [4.78, 5) is 14.8. The Labute approximate surface area is 184 Å². The molecule has 0 aromatic heterocycles. The Balaban J connectivity index is 1.66. The van der Waals surface area contributed by atoms with Gasteiger partial charge in [0.1, 0.15) is 0 Å².